The summed E-state index contributed by atoms with van der Waals surface area (Å²) in [4.78, 5) is 0. The average molecular weight is 824 g/mol. The monoisotopic (exact) mass is 824 g/mol. The molecule has 0 amide bonds. The molecule has 0 aromatic heterocycles. The maximum Gasteiger partial charge on any atom is 0.0779 e. The van der Waals surface area contributed by atoms with Gasteiger partial charge in [-0.3, -0.25) is 0 Å². The van der Waals surface area contributed by atoms with E-state index >= 15 is 0 Å². The van der Waals surface area contributed by atoms with Crippen LogP contribution in [0.4, 0.5) is 0 Å². The summed E-state index contributed by atoms with van der Waals surface area (Å²) in [6, 6.07) is 0. The number of nitrogens with one attached hydrogen (secondary N) is 1. The normalized spacial score (nSPS) is 14.0. The molecule has 2 unspecified atom stereocenters. The minimum atomic E-state index is -0.508. The van der Waals surface area contributed by atoms with Gasteiger partial charge in [0.1, 0.15) is 0 Å². The number of rotatable bonds is 51. The number of hydrogen-bond acceptors (Lipinski definition) is 5. The van der Waals surface area contributed by atoms with Crippen LogP contribution in [-0.2, 0) is 9.47 Å². The van der Waals surface area contributed by atoms with Crippen molar-refractivity contribution in [1.82, 2.24) is 5.32 Å². The fourth-order valence-corrected chi connectivity index (χ4v) is 9.24. The van der Waals surface area contributed by atoms with Crippen LogP contribution in [0.5, 0.6) is 0 Å². The third-order valence-electron chi connectivity index (χ3n) is 12.9. The third-order valence-corrected chi connectivity index (χ3v) is 12.9. The summed E-state index contributed by atoms with van der Waals surface area (Å²) >= 11 is 0. The maximum atomic E-state index is 11.3. The Labute approximate surface area is 365 Å². The quantitative estimate of drug-likeness (QED) is 0.0533. The molecule has 0 aliphatic carbocycles. The second-order valence-electron chi connectivity index (χ2n) is 19.0. The molecular formula is C53H109NO4. The van der Waals surface area contributed by atoms with Gasteiger partial charge in [0.05, 0.1) is 25.4 Å². The van der Waals surface area contributed by atoms with Gasteiger partial charge in [0, 0.05) is 19.8 Å². The minimum absolute atomic E-state index is 0.163. The molecule has 0 fully saturated rings. The van der Waals surface area contributed by atoms with Crippen molar-refractivity contribution in [3.05, 3.63) is 0 Å². The highest BCUT2D eigenvalue weighted by atomic mass is 16.5. The number of hydrogen-bond donors (Lipinski definition) is 3. The van der Waals surface area contributed by atoms with Crippen LogP contribution in [0.15, 0.2) is 0 Å². The Kier molecular flexibility index (Phi) is 47.7. The van der Waals surface area contributed by atoms with E-state index in [1.54, 1.807) is 0 Å². The molecule has 3 N–H and O–H groups in total. The van der Waals surface area contributed by atoms with Crippen molar-refractivity contribution in [3.63, 3.8) is 0 Å². The molecule has 0 saturated heterocycles. The third kappa shape index (κ3) is 42.5. The maximum absolute atomic E-state index is 11.3. The number of ether oxygens (including phenoxy) is 2. The van der Waals surface area contributed by atoms with Crippen LogP contribution in [0.2, 0.25) is 0 Å². The van der Waals surface area contributed by atoms with Gasteiger partial charge in [-0.2, -0.15) is 0 Å². The molecule has 0 aliphatic heterocycles. The first kappa shape index (κ1) is 57.8. The fraction of sp³-hybridized carbons (Fsp3) is 1.00. The molecule has 2 atom stereocenters. The van der Waals surface area contributed by atoms with Gasteiger partial charge in [0.2, 0.25) is 0 Å². The fourth-order valence-electron chi connectivity index (χ4n) is 9.24. The second-order valence-corrected chi connectivity index (χ2v) is 19.0. The molecular weight excluding hydrogens is 715 g/mol. The minimum Gasteiger partial charge on any atom is -0.391 e. The van der Waals surface area contributed by atoms with Crippen molar-refractivity contribution in [1.29, 1.82) is 0 Å². The zero-order valence-corrected chi connectivity index (χ0v) is 40.4. The van der Waals surface area contributed by atoms with Crippen molar-refractivity contribution < 1.29 is 19.7 Å². The first-order chi connectivity index (χ1) is 28.5. The van der Waals surface area contributed by atoms with Gasteiger partial charge in [0.15, 0.2) is 0 Å². The van der Waals surface area contributed by atoms with E-state index in [1.165, 1.54) is 225 Å². The summed E-state index contributed by atoms with van der Waals surface area (Å²) in [5.74, 6) is 0. The van der Waals surface area contributed by atoms with Gasteiger partial charge in [0.25, 0.3) is 0 Å². The zero-order valence-electron chi connectivity index (χ0n) is 40.4. The second kappa shape index (κ2) is 47.8. The van der Waals surface area contributed by atoms with Gasteiger partial charge in [-0.15, -0.1) is 0 Å². The van der Waals surface area contributed by atoms with Crippen LogP contribution < -0.4 is 5.32 Å². The van der Waals surface area contributed by atoms with Gasteiger partial charge in [-0.1, -0.05) is 252 Å². The van der Waals surface area contributed by atoms with Crippen LogP contribution in [0.3, 0.4) is 0 Å². The van der Waals surface area contributed by atoms with E-state index in [0.717, 1.165) is 45.4 Å². The van der Waals surface area contributed by atoms with Crippen LogP contribution in [0, 0.1) is 5.41 Å². The predicted molar refractivity (Wildman–Crippen MR) is 256 cm³/mol. The van der Waals surface area contributed by atoms with E-state index in [-0.39, 0.29) is 5.41 Å². The molecule has 0 spiro atoms. The van der Waals surface area contributed by atoms with Crippen LogP contribution in [0.1, 0.15) is 284 Å². The Hall–Kier alpha value is -0.200. The lowest BCUT2D eigenvalue weighted by atomic mass is 9.73. The molecule has 0 bridgehead atoms. The van der Waals surface area contributed by atoms with Crippen molar-refractivity contribution in [2.24, 2.45) is 5.41 Å². The lowest BCUT2D eigenvalue weighted by Gasteiger charge is -2.37. The first-order valence-electron chi connectivity index (χ1n) is 26.7. The van der Waals surface area contributed by atoms with Gasteiger partial charge >= 0.3 is 0 Å². The van der Waals surface area contributed by atoms with E-state index in [9.17, 15) is 10.2 Å². The molecule has 0 rings (SSSR count). The van der Waals surface area contributed by atoms with E-state index in [1.807, 2.05) is 7.05 Å². The number of aliphatic hydroxyl groups excluding tert-OH is 2. The van der Waals surface area contributed by atoms with Gasteiger partial charge < -0.3 is 25.0 Å². The smallest absolute Gasteiger partial charge is 0.0779 e. The first-order valence-corrected chi connectivity index (χ1v) is 26.7. The molecule has 0 aromatic carbocycles. The highest BCUT2D eigenvalue weighted by molar-refractivity contribution is 4.87. The highest BCUT2D eigenvalue weighted by Crippen LogP contribution is 2.36. The Morgan fingerprint density at radius 3 is 0.862 bits per heavy atom. The Balaban J connectivity index is 4.56. The molecule has 0 aliphatic rings. The zero-order chi connectivity index (χ0) is 42.3. The van der Waals surface area contributed by atoms with E-state index < -0.39 is 12.2 Å². The summed E-state index contributed by atoms with van der Waals surface area (Å²) in [5, 5.41) is 26.0. The molecule has 0 aromatic rings. The lowest BCUT2D eigenvalue weighted by Crippen LogP contribution is -2.41. The molecule has 350 valence electrons. The van der Waals surface area contributed by atoms with Crippen LogP contribution in [0.25, 0.3) is 0 Å². The van der Waals surface area contributed by atoms with Crippen LogP contribution in [-0.4, -0.2) is 62.4 Å². The van der Waals surface area contributed by atoms with Crippen molar-refractivity contribution in [2.45, 2.75) is 296 Å². The Morgan fingerprint density at radius 1 is 0.362 bits per heavy atom. The van der Waals surface area contributed by atoms with E-state index in [0.29, 0.717) is 26.1 Å². The van der Waals surface area contributed by atoms with E-state index in [2.05, 4.69) is 26.1 Å². The Bertz CT molecular complexity index is 710. The van der Waals surface area contributed by atoms with Crippen molar-refractivity contribution in [3.8, 4) is 0 Å². The topological polar surface area (TPSA) is 71.0 Å². The summed E-state index contributed by atoms with van der Waals surface area (Å²) in [6.45, 7) is 9.94. The number of aliphatic hydroxyl groups is 2. The molecule has 5 heteroatoms. The van der Waals surface area contributed by atoms with E-state index in [4.69, 9.17) is 9.47 Å². The molecule has 5 nitrogen and oxygen atoms in total. The lowest BCUT2D eigenvalue weighted by molar-refractivity contribution is -0.0274. The molecule has 0 radical (unpaired) electrons. The summed E-state index contributed by atoms with van der Waals surface area (Å²) in [6.07, 6.45) is 52.5. The van der Waals surface area contributed by atoms with Crippen molar-refractivity contribution in [2.75, 3.05) is 40.0 Å². The molecule has 0 saturated carbocycles. The summed E-state index contributed by atoms with van der Waals surface area (Å²) in [5.41, 5.74) is -0.163. The van der Waals surface area contributed by atoms with Gasteiger partial charge in [-0.25, -0.2) is 0 Å². The Morgan fingerprint density at radius 2 is 0.603 bits per heavy atom. The SMILES string of the molecule is CCCCCCCCCCCCCCCCC(CNC)(CC(O)COCCCCCCCCCCCCCC)CC(O)COCCCCCCCCCCCCCC. The molecule has 58 heavy (non-hydrogen) atoms. The van der Waals surface area contributed by atoms with Crippen molar-refractivity contribution >= 4 is 0 Å². The predicted octanol–water partition coefficient (Wildman–Crippen LogP) is 16.0. The highest BCUT2D eigenvalue weighted by Gasteiger charge is 2.34. The summed E-state index contributed by atoms with van der Waals surface area (Å²) < 4.78 is 12.1. The molecule has 0 heterocycles. The van der Waals surface area contributed by atoms with Gasteiger partial charge in [-0.05, 0) is 44.6 Å². The number of unbranched alkanes of at least 4 members (excludes halogenated alkanes) is 35. The van der Waals surface area contributed by atoms with Crippen LogP contribution >= 0.6 is 0 Å². The largest absolute Gasteiger partial charge is 0.391 e. The average Bonchev–Trinajstić information content (AvgIpc) is 3.21. The standard InChI is InChI=1S/C53H109NO4/c1-5-8-11-14-17-20-23-26-27-28-31-34-37-40-43-53(50-54-4,46-51(55)48-57-44-41-38-35-32-29-24-21-18-15-12-9-6-2)47-52(56)49-58-45-42-39-36-33-30-25-22-19-16-13-10-7-3/h51-52,54-56H,5-50H2,1-4H3. The summed E-state index contributed by atoms with van der Waals surface area (Å²) in [7, 11) is 2.02.